The zero-order valence-electron chi connectivity index (χ0n) is 17.0. The number of aliphatic carboxylic acids is 1. The summed E-state index contributed by atoms with van der Waals surface area (Å²) in [5, 5.41) is 10.1. The van der Waals surface area contributed by atoms with Crippen molar-refractivity contribution < 1.29 is 32.6 Å². The lowest BCUT2D eigenvalue weighted by Gasteiger charge is -2.38. The minimum Gasteiger partial charge on any atom is -0.475 e. The van der Waals surface area contributed by atoms with Crippen LogP contribution in [-0.2, 0) is 14.3 Å². The van der Waals surface area contributed by atoms with Gasteiger partial charge in [0, 0.05) is 37.9 Å². The van der Waals surface area contributed by atoms with Crippen LogP contribution in [-0.4, -0.2) is 64.5 Å². The fraction of sp³-hybridized carbons (Fsp3) is 0.684. The molecular weight excluding hydrogens is 405 g/mol. The quantitative estimate of drug-likeness (QED) is 0.753. The molecule has 11 heteroatoms. The van der Waals surface area contributed by atoms with E-state index in [-0.39, 0.29) is 23.5 Å². The highest BCUT2D eigenvalue weighted by atomic mass is 19.4. The minimum absolute atomic E-state index is 0.0183. The summed E-state index contributed by atoms with van der Waals surface area (Å²) in [7, 11) is 0. The Bertz CT molecular complexity index is 717. The van der Waals surface area contributed by atoms with Crippen molar-refractivity contribution >= 4 is 17.8 Å². The van der Waals surface area contributed by atoms with Gasteiger partial charge in [0.25, 0.3) is 0 Å². The van der Waals surface area contributed by atoms with Gasteiger partial charge in [0.1, 0.15) is 0 Å². The first-order valence-electron chi connectivity index (χ1n) is 9.80. The predicted octanol–water partition coefficient (Wildman–Crippen LogP) is 2.40. The van der Waals surface area contributed by atoms with Gasteiger partial charge in [-0.15, -0.1) is 0 Å². The van der Waals surface area contributed by atoms with Crippen LogP contribution in [0.4, 0.5) is 19.1 Å². The molecule has 2 fully saturated rings. The molecule has 0 aromatic carbocycles. The largest absolute Gasteiger partial charge is 0.490 e. The Morgan fingerprint density at radius 1 is 1.33 bits per heavy atom. The number of ether oxygens (including phenoxy) is 1. The molecule has 3 heterocycles. The Labute approximate surface area is 172 Å². The van der Waals surface area contributed by atoms with Gasteiger partial charge >= 0.3 is 12.1 Å². The first-order chi connectivity index (χ1) is 14.0. The number of nitrogens with one attached hydrogen (secondary N) is 1. The van der Waals surface area contributed by atoms with Crippen LogP contribution in [0.15, 0.2) is 18.5 Å². The van der Waals surface area contributed by atoms with E-state index in [1.165, 1.54) is 0 Å². The molecule has 2 atom stereocenters. The van der Waals surface area contributed by atoms with Crippen molar-refractivity contribution in [1.29, 1.82) is 0 Å². The maximum absolute atomic E-state index is 11.7. The Hall–Kier alpha value is -2.43. The number of amides is 1. The van der Waals surface area contributed by atoms with Crippen LogP contribution in [0, 0.1) is 5.92 Å². The summed E-state index contributed by atoms with van der Waals surface area (Å²) >= 11 is 0. The highest BCUT2D eigenvalue weighted by Crippen LogP contribution is 2.37. The van der Waals surface area contributed by atoms with Crippen molar-refractivity contribution in [2.45, 2.75) is 57.4 Å². The summed E-state index contributed by atoms with van der Waals surface area (Å²) < 4.78 is 38.1. The Balaban J connectivity index is 0.000000396. The fourth-order valence-corrected chi connectivity index (χ4v) is 3.46. The van der Waals surface area contributed by atoms with Gasteiger partial charge in [-0.05, 0) is 31.7 Å². The monoisotopic (exact) mass is 432 g/mol. The smallest absolute Gasteiger partial charge is 0.475 e. The van der Waals surface area contributed by atoms with Crippen LogP contribution >= 0.6 is 0 Å². The number of halogens is 3. The van der Waals surface area contributed by atoms with Gasteiger partial charge in [-0.2, -0.15) is 13.2 Å². The van der Waals surface area contributed by atoms with Gasteiger partial charge < -0.3 is 20.1 Å². The molecule has 0 aliphatic carbocycles. The summed E-state index contributed by atoms with van der Waals surface area (Å²) in [6.07, 6.45) is 2.82. The number of hydrogen-bond acceptors (Lipinski definition) is 6. The van der Waals surface area contributed by atoms with E-state index in [2.05, 4.69) is 20.2 Å². The number of anilines is 1. The second kappa shape index (κ2) is 10.1. The molecule has 1 spiro atoms. The maximum Gasteiger partial charge on any atom is 0.490 e. The average molecular weight is 432 g/mol. The first kappa shape index (κ1) is 23.8. The zero-order valence-corrected chi connectivity index (χ0v) is 17.0. The number of carbonyl (C=O) groups excluding carboxylic acids is 1. The standard InChI is InChI=1S/C17H26N4O2.C2HF3O2/c1-13(2)15(22)20-11-14-5-3-6-17(23-14)7-10-21(12-17)16-18-8-4-9-19-16;3-2(4,5)1(6)7/h4,8-9,13-14H,3,5-7,10-12H2,1-2H3,(H,20,22);(H,6,7)/t14-,17-;/m1./s1. The van der Waals surface area contributed by atoms with Crippen LogP contribution in [0.25, 0.3) is 0 Å². The molecule has 3 rings (SSSR count). The third kappa shape index (κ3) is 6.82. The Morgan fingerprint density at radius 2 is 1.97 bits per heavy atom. The molecule has 0 unspecified atom stereocenters. The third-order valence-electron chi connectivity index (χ3n) is 5.00. The molecule has 0 bridgehead atoms. The van der Waals surface area contributed by atoms with E-state index in [9.17, 15) is 18.0 Å². The second-order valence-corrected chi connectivity index (χ2v) is 7.74. The molecule has 0 radical (unpaired) electrons. The lowest BCUT2D eigenvalue weighted by molar-refractivity contribution is -0.192. The van der Waals surface area contributed by atoms with Gasteiger partial charge in [-0.3, -0.25) is 4.79 Å². The number of carboxylic acids is 1. The van der Waals surface area contributed by atoms with E-state index >= 15 is 0 Å². The topological polar surface area (TPSA) is 105 Å². The summed E-state index contributed by atoms with van der Waals surface area (Å²) in [5.74, 6) is -1.86. The fourth-order valence-electron chi connectivity index (χ4n) is 3.46. The molecule has 2 saturated heterocycles. The van der Waals surface area contributed by atoms with Gasteiger partial charge in [-0.25, -0.2) is 14.8 Å². The summed E-state index contributed by atoms with van der Waals surface area (Å²) in [4.78, 5) is 31.5. The number of aromatic nitrogens is 2. The van der Waals surface area contributed by atoms with Gasteiger partial charge in [-0.1, -0.05) is 13.8 Å². The van der Waals surface area contributed by atoms with Gasteiger partial charge in [0.05, 0.1) is 11.7 Å². The molecule has 1 aromatic rings. The Kier molecular flexibility index (Phi) is 7.99. The van der Waals surface area contributed by atoms with Crippen molar-refractivity contribution in [3.05, 3.63) is 18.5 Å². The van der Waals surface area contributed by atoms with E-state index in [1.54, 1.807) is 12.4 Å². The van der Waals surface area contributed by atoms with Crippen LogP contribution in [0.3, 0.4) is 0 Å². The van der Waals surface area contributed by atoms with E-state index < -0.39 is 12.1 Å². The summed E-state index contributed by atoms with van der Waals surface area (Å²) in [6.45, 7) is 6.20. The first-order valence-corrected chi connectivity index (χ1v) is 9.80. The molecule has 2 aliphatic heterocycles. The predicted molar refractivity (Wildman–Crippen MR) is 102 cm³/mol. The average Bonchev–Trinajstić information content (AvgIpc) is 3.09. The van der Waals surface area contributed by atoms with Crippen molar-refractivity contribution in [2.24, 2.45) is 5.92 Å². The minimum atomic E-state index is -5.08. The van der Waals surface area contributed by atoms with Gasteiger partial charge in [0.15, 0.2) is 0 Å². The lowest BCUT2D eigenvalue weighted by Crippen LogP contribution is -2.47. The molecule has 168 valence electrons. The van der Waals surface area contributed by atoms with Crippen LogP contribution in [0.1, 0.15) is 39.5 Å². The maximum atomic E-state index is 11.7. The highest BCUT2D eigenvalue weighted by Gasteiger charge is 2.43. The van der Waals surface area contributed by atoms with E-state index in [4.69, 9.17) is 14.6 Å². The van der Waals surface area contributed by atoms with E-state index in [0.29, 0.717) is 6.54 Å². The molecule has 2 N–H and O–H groups in total. The number of rotatable bonds is 4. The number of alkyl halides is 3. The van der Waals surface area contributed by atoms with Crippen molar-refractivity contribution in [1.82, 2.24) is 15.3 Å². The molecule has 1 amide bonds. The van der Waals surface area contributed by atoms with Crippen LogP contribution in [0.2, 0.25) is 0 Å². The molecule has 30 heavy (non-hydrogen) atoms. The van der Waals surface area contributed by atoms with Crippen LogP contribution < -0.4 is 10.2 Å². The zero-order chi connectivity index (χ0) is 22.4. The van der Waals surface area contributed by atoms with Crippen molar-refractivity contribution in [2.75, 3.05) is 24.5 Å². The van der Waals surface area contributed by atoms with Crippen molar-refractivity contribution in [3.8, 4) is 0 Å². The number of carboxylic acid groups (broad SMARTS) is 1. The summed E-state index contributed by atoms with van der Waals surface area (Å²) in [5.41, 5.74) is -0.106. The molecular formula is C19H27F3N4O4. The van der Waals surface area contributed by atoms with E-state index in [1.807, 2.05) is 19.9 Å². The van der Waals surface area contributed by atoms with Crippen LogP contribution in [0.5, 0.6) is 0 Å². The summed E-state index contributed by atoms with van der Waals surface area (Å²) in [6, 6.07) is 1.83. The highest BCUT2D eigenvalue weighted by molar-refractivity contribution is 5.77. The third-order valence-corrected chi connectivity index (χ3v) is 5.00. The molecule has 8 nitrogen and oxygen atoms in total. The van der Waals surface area contributed by atoms with Crippen molar-refractivity contribution in [3.63, 3.8) is 0 Å². The SMILES string of the molecule is CC(C)C(=O)NC[C@H]1CCC[C@]2(CCN(c3ncccn3)C2)O1.O=C(O)C(F)(F)F. The Morgan fingerprint density at radius 3 is 2.53 bits per heavy atom. The number of hydrogen-bond donors (Lipinski definition) is 2. The second-order valence-electron chi connectivity index (χ2n) is 7.74. The van der Waals surface area contributed by atoms with Gasteiger partial charge in [0.2, 0.25) is 11.9 Å². The number of nitrogens with zero attached hydrogens (tertiary/aromatic N) is 3. The van der Waals surface area contributed by atoms with E-state index in [0.717, 1.165) is 44.7 Å². The lowest BCUT2D eigenvalue weighted by atomic mass is 9.90. The molecule has 1 aromatic heterocycles. The molecule has 2 aliphatic rings. The number of carbonyl (C=O) groups is 2. The normalized spacial score (nSPS) is 23.8. The molecule has 0 saturated carbocycles.